The molecule has 1 aromatic rings. The van der Waals surface area contributed by atoms with E-state index in [0.717, 1.165) is 24.2 Å². The third kappa shape index (κ3) is 3.95. The number of carbonyl (C=O) groups is 1. The first-order valence-electron chi connectivity index (χ1n) is 7.09. The van der Waals surface area contributed by atoms with E-state index < -0.39 is 0 Å². The molecule has 0 saturated carbocycles. The molecule has 5 nitrogen and oxygen atoms in total. The van der Waals surface area contributed by atoms with Crippen LogP contribution in [0.4, 0.5) is 10.5 Å². The Kier molecular flexibility index (Phi) is 4.98. The fraction of sp³-hybridized carbons (Fsp3) is 0.533. The molecule has 2 atom stereocenters. The van der Waals surface area contributed by atoms with E-state index in [9.17, 15) is 4.79 Å². The summed E-state index contributed by atoms with van der Waals surface area (Å²) in [6.45, 7) is 6.00. The van der Waals surface area contributed by atoms with Crippen LogP contribution in [0.5, 0.6) is 0 Å². The molecular weight excluding hydrogens is 254 g/mol. The van der Waals surface area contributed by atoms with Crippen molar-refractivity contribution in [2.75, 3.05) is 25.0 Å². The van der Waals surface area contributed by atoms with Gasteiger partial charge in [0.1, 0.15) is 0 Å². The zero-order valence-electron chi connectivity index (χ0n) is 12.1. The normalized spacial score (nSPS) is 21.1. The average molecular weight is 277 g/mol. The van der Waals surface area contributed by atoms with Crippen LogP contribution >= 0.6 is 0 Å². The number of ether oxygens (including phenoxy) is 1. The van der Waals surface area contributed by atoms with Gasteiger partial charge in [-0.25, -0.2) is 4.79 Å². The van der Waals surface area contributed by atoms with Gasteiger partial charge < -0.3 is 20.7 Å². The molecule has 0 bridgehead atoms. The maximum atomic E-state index is 12.2. The molecule has 1 aliphatic rings. The Balaban J connectivity index is 1.96. The SMILES string of the molecule is CC1CN(C(=O)Nc2ccc(C(C)N)cc2)CCCO1. The summed E-state index contributed by atoms with van der Waals surface area (Å²) in [7, 11) is 0. The van der Waals surface area contributed by atoms with Crippen LogP contribution in [0.3, 0.4) is 0 Å². The first kappa shape index (κ1) is 14.8. The third-order valence-corrected chi connectivity index (χ3v) is 3.43. The van der Waals surface area contributed by atoms with Crippen molar-refractivity contribution in [2.45, 2.75) is 32.4 Å². The van der Waals surface area contributed by atoms with Crippen molar-refractivity contribution in [1.29, 1.82) is 0 Å². The van der Waals surface area contributed by atoms with E-state index in [1.54, 1.807) is 4.90 Å². The quantitative estimate of drug-likeness (QED) is 0.872. The molecule has 0 aliphatic carbocycles. The second kappa shape index (κ2) is 6.72. The van der Waals surface area contributed by atoms with Crippen LogP contribution in [0.2, 0.25) is 0 Å². The lowest BCUT2D eigenvalue weighted by Gasteiger charge is -2.22. The van der Waals surface area contributed by atoms with E-state index in [-0.39, 0.29) is 18.2 Å². The van der Waals surface area contributed by atoms with Crippen molar-refractivity contribution < 1.29 is 9.53 Å². The summed E-state index contributed by atoms with van der Waals surface area (Å²) in [5.41, 5.74) is 7.65. The Labute approximate surface area is 120 Å². The topological polar surface area (TPSA) is 67.6 Å². The number of hydrogen-bond acceptors (Lipinski definition) is 3. The highest BCUT2D eigenvalue weighted by Gasteiger charge is 2.19. The van der Waals surface area contributed by atoms with Gasteiger partial charge in [-0.05, 0) is 38.0 Å². The van der Waals surface area contributed by atoms with Gasteiger partial charge in [0.15, 0.2) is 0 Å². The van der Waals surface area contributed by atoms with E-state index in [2.05, 4.69) is 5.32 Å². The van der Waals surface area contributed by atoms with Crippen LogP contribution in [0.25, 0.3) is 0 Å². The highest BCUT2D eigenvalue weighted by molar-refractivity contribution is 5.89. The maximum absolute atomic E-state index is 12.2. The second-order valence-electron chi connectivity index (χ2n) is 5.32. The second-order valence-corrected chi connectivity index (χ2v) is 5.32. The van der Waals surface area contributed by atoms with Gasteiger partial charge in [0.05, 0.1) is 6.10 Å². The van der Waals surface area contributed by atoms with Gasteiger partial charge in [-0.3, -0.25) is 0 Å². The predicted octanol–water partition coefficient (Wildman–Crippen LogP) is 2.35. The van der Waals surface area contributed by atoms with Gasteiger partial charge in [0.2, 0.25) is 0 Å². The molecule has 110 valence electrons. The van der Waals surface area contributed by atoms with Crippen LogP contribution < -0.4 is 11.1 Å². The number of benzene rings is 1. The van der Waals surface area contributed by atoms with Crippen molar-refractivity contribution in [3.63, 3.8) is 0 Å². The Morgan fingerprint density at radius 1 is 1.45 bits per heavy atom. The van der Waals surface area contributed by atoms with E-state index in [0.29, 0.717) is 13.2 Å². The monoisotopic (exact) mass is 277 g/mol. The lowest BCUT2D eigenvalue weighted by molar-refractivity contribution is 0.0718. The number of nitrogens with two attached hydrogens (primary N) is 1. The molecule has 1 saturated heterocycles. The molecule has 2 rings (SSSR count). The minimum absolute atomic E-state index is 0.00311. The largest absolute Gasteiger partial charge is 0.377 e. The highest BCUT2D eigenvalue weighted by atomic mass is 16.5. The summed E-state index contributed by atoms with van der Waals surface area (Å²) in [6.07, 6.45) is 0.963. The number of nitrogens with zero attached hydrogens (tertiary/aromatic N) is 1. The molecule has 0 radical (unpaired) electrons. The van der Waals surface area contributed by atoms with Crippen molar-refractivity contribution in [2.24, 2.45) is 5.73 Å². The minimum atomic E-state index is -0.0732. The van der Waals surface area contributed by atoms with Crippen molar-refractivity contribution in [3.05, 3.63) is 29.8 Å². The fourth-order valence-electron chi connectivity index (χ4n) is 2.25. The first-order chi connectivity index (χ1) is 9.56. The Bertz CT molecular complexity index is 445. The van der Waals surface area contributed by atoms with Gasteiger partial charge in [-0.1, -0.05) is 12.1 Å². The van der Waals surface area contributed by atoms with Gasteiger partial charge in [0, 0.05) is 31.4 Å². The van der Waals surface area contributed by atoms with E-state index in [1.807, 2.05) is 38.1 Å². The lowest BCUT2D eigenvalue weighted by Crippen LogP contribution is -2.38. The van der Waals surface area contributed by atoms with Crippen LogP contribution in [0, 0.1) is 0 Å². The van der Waals surface area contributed by atoms with Gasteiger partial charge in [0.25, 0.3) is 0 Å². The van der Waals surface area contributed by atoms with Crippen molar-refractivity contribution in [1.82, 2.24) is 4.90 Å². The predicted molar refractivity (Wildman–Crippen MR) is 79.7 cm³/mol. The molecule has 2 unspecified atom stereocenters. The highest BCUT2D eigenvalue weighted by Crippen LogP contribution is 2.15. The molecule has 1 fully saturated rings. The molecule has 20 heavy (non-hydrogen) atoms. The summed E-state index contributed by atoms with van der Waals surface area (Å²) in [4.78, 5) is 14.0. The number of rotatable bonds is 2. The molecule has 1 heterocycles. The number of urea groups is 1. The molecule has 1 aliphatic heterocycles. The zero-order valence-corrected chi connectivity index (χ0v) is 12.1. The number of amides is 2. The summed E-state index contributed by atoms with van der Waals surface area (Å²) in [5, 5.41) is 2.92. The first-order valence-corrected chi connectivity index (χ1v) is 7.09. The number of carbonyl (C=O) groups excluding carboxylic acids is 1. The smallest absolute Gasteiger partial charge is 0.321 e. The minimum Gasteiger partial charge on any atom is -0.377 e. The summed E-state index contributed by atoms with van der Waals surface area (Å²) >= 11 is 0. The van der Waals surface area contributed by atoms with E-state index in [1.165, 1.54) is 0 Å². The van der Waals surface area contributed by atoms with E-state index in [4.69, 9.17) is 10.5 Å². The molecule has 2 amide bonds. The Morgan fingerprint density at radius 3 is 2.80 bits per heavy atom. The van der Waals surface area contributed by atoms with Crippen LogP contribution in [0.15, 0.2) is 24.3 Å². The molecule has 1 aromatic carbocycles. The standard InChI is InChI=1S/C15H23N3O2/c1-11-10-18(8-3-9-20-11)15(19)17-14-6-4-13(5-7-14)12(2)16/h4-7,11-12H,3,8-10,16H2,1-2H3,(H,17,19). The molecule has 3 N–H and O–H groups in total. The zero-order chi connectivity index (χ0) is 14.5. The number of anilines is 1. The van der Waals surface area contributed by atoms with Crippen LogP contribution in [-0.2, 0) is 4.74 Å². The average Bonchev–Trinajstić information content (AvgIpc) is 2.64. The molecular formula is C15H23N3O2. The van der Waals surface area contributed by atoms with Crippen LogP contribution in [-0.4, -0.2) is 36.7 Å². The molecule has 0 spiro atoms. The fourth-order valence-corrected chi connectivity index (χ4v) is 2.25. The Morgan fingerprint density at radius 2 is 2.15 bits per heavy atom. The lowest BCUT2D eigenvalue weighted by atomic mass is 10.1. The summed E-state index contributed by atoms with van der Waals surface area (Å²) < 4.78 is 5.54. The maximum Gasteiger partial charge on any atom is 0.321 e. The van der Waals surface area contributed by atoms with Gasteiger partial charge in [-0.2, -0.15) is 0 Å². The van der Waals surface area contributed by atoms with Gasteiger partial charge in [-0.15, -0.1) is 0 Å². The van der Waals surface area contributed by atoms with Gasteiger partial charge >= 0.3 is 6.03 Å². The van der Waals surface area contributed by atoms with Crippen LogP contribution in [0.1, 0.15) is 31.9 Å². The third-order valence-electron chi connectivity index (χ3n) is 3.43. The summed E-state index contributed by atoms with van der Waals surface area (Å²) in [5.74, 6) is 0. The molecule has 0 aromatic heterocycles. The number of nitrogens with one attached hydrogen (secondary N) is 1. The molecule has 5 heteroatoms. The van der Waals surface area contributed by atoms with Crippen molar-refractivity contribution in [3.8, 4) is 0 Å². The summed E-state index contributed by atoms with van der Waals surface area (Å²) in [6, 6.07) is 7.57. The van der Waals surface area contributed by atoms with Crippen molar-refractivity contribution >= 4 is 11.7 Å². The van der Waals surface area contributed by atoms with E-state index >= 15 is 0 Å². The Hall–Kier alpha value is -1.59. The number of hydrogen-bond donors (Lipinski definition) is 2.